The van der Waals surface area contributed by atoms with Crippen LogP contribution in [0.4, 0.5) is 0 Å². The molecule has 0 spiro atoms. The van der Waals surface area contributed by atoms with E-state index in [0.717, 1.165) is 11.1 Å². The van der Waals surface area contributed by atoms with E-state index in [1.165, 1.54) is 27.7 Å². The predicted octanol–water partition coefficient (Wildman–Crippen LogP) is 2.35. The summed E-state index contributed by atoms with van der Waals surface area (Å²) in [5.74, 6) is 1.20. The van der Waals surface area contributed by atoms with E-state index >= 15 is 0 Å². The fourth-order valence-corrected chi connectivity index (χ4v) is 2.86. The minimum absolute atomic E-state index is 0. The highest BCUT2D eigenvalue weighted by Crippen LogP contribution is 2.41. The van der Waals surface area contributed by atoms with E-state index in [2.05, 4.69) is 4.98 Å². The number of benzene rings is 2. The average molecular weight is 392 g/mol. The molecular weight excluding hydrogens is 370 g/mol. The van der Waals surface area contributed by atoms with Gasteiger partial charge in [0.05, 0.1) is 39.6 Å². The normalized spacial score (nSPS) is 10.4. The molecule has 27 heavy (non-hydrogen) atoms. The van der Waals surface area contributed by atoms with Gasteiger partial charge in [-0.3, -0.25) is 9.36 Å². The summed E-state index contributed by atoms with van der Waals surface area (Å²) in [6.07, 6.45) is 1.51. The second-order valence-corrected chi connectivity index (χ2v) is 5.74. The van der Waals surface area contributed by atoms with Gasteiger partial charge in [-0.2, -0.15) is 0 Å². The number of fused-ring (bicyclic) bond motifs is 1. The number of nitrogens with two attached hydrogens (primary N) is 1. The highest BCUT2D eigenvalue weighted by atomic mass is 35.5. The number of ether oxygens (including phenoxy) is 3. The zero-order valence-corrected chi connectivity index (χ0v) is 16.2. The molecule has 0 unspecified atom stereocenters. The molecular formula is C19H22ClN3O4. The van der Waals surface area contributed by atoms with Crippen molar-refractivity contribution in [2.75, 3.05) is 21.3 Å². The van der Waals surface area contributed by atoms with Crippen LogP contribution in [0.5, 0.6) is 17.2 Å². The van der Waals surface area contributed by atoms with E-state index in [-0.39, 0.29) is 18.0 Å². The van der Waals surface area contributed by atoms with E-state index in [9.17, 15) is 4.79 Å². The Morgan fingerprint density at radius 3 is 2.19 bits per heavy atom. The zero-order valence-electron chi connectivity index (χ0n) is 15.4. The number of rotatable bonds is 6. The maximum Gasteiger partial charge on any atom is 0.261 e. The van der Waals surface area contributed by atoms with Crippen LogP contribution < -0.4 is 25.5 Å². The number of hydrogen-bond acceptors (Lipinski definition) is 6. The van der Waals surface area contributed by atoms with Gasteiger partial charge in [0.1, 0.15) is 5.52 Å². The van der Waals surface area contributed by atoms with Gasteiger partial charge in [-0.05, 0) is 17.2 Å². The van der Waals surface area contributed by atoms with Gasteiger partial charge < -0.3 is 19.9 Å². The summed E-state index contributed by atoms with van der Waals surface area (Å²) in [5.41, 5.74) is 7.90. The van der Waals surface area contributed by atoms with E-state index in [0.29, 0.717) is 41.2 Å². The second-order valence-electron chi connectivity index (χ2n) is 5.74. The lowest BCUT2D eigenvalue weighted by atomic mass is 10.1. The molecule has 3 rings (SSSR count). The summed E-state index contributed by atoms with van der Waals surface area (Å²) in [4.78, 5) is 17.4. The van der Waals surface area contributed by atoms with Crippen LogP contribution in [0.2, 0.25) is 0 Å². The van der Waals surface area contributed by atoms with Crippen molar-refractivity contribution < 1.29 is 14.2 Å². The van der Waals surface area contributed by atoms with Crippen LogP contribution in [-0.4, -0.2) is 30.9 Å². The Hall–Kier alpha value is -2.77. The van der Waals surface area contributed by atoms with Gasteiger partial charge in [0, 0.05) is 6.54 Å². The molecule has 3 aromatic rings. The quantitative estimate of drug-likeness (QED) is 0.693. The first kappa shape index (κ1) is 20.5. The van der Waals surface area contributed by atoms with Crippen LogP contribution >= 0.6 is 12.4 Å². The third kappa shape index (κ3) is 3.84. The Balaban J connectivity index is 0.00000261. The lowest BCUT2D eigenvalue weighted by Gasteiger charge is -2.15. The molecule has 144 valence electrons. The molecule has 1 heterocycles. The summed E-state index contributed by atoms with van der Waals surface area (Å²) >= 11 is 0. The maximum absolute atomic E-state index is 12.9. The van der Waals surface area contributed by atoms with E-state index in [1.54, 1.807) is 10.6 Å². The average Bonchev–Trinajstić information content (AvgIpc) is 2.69. The Morgan fingerprint density at radius 1 is 1.00 bits per heavy atom. The van der Waals surface area contributed by atoms with Crippen LogP contribution in [0.15, 0.2) is 41.5 Å². The molecule has 0 aliphatic heterocycles. The third-order valence-corrected chi connectivity index (χ3v) is 4.23. The van der Waals surface area contributed by atoms with Gasteiger partial charge in [0.2, 0.25) is 5.75 Å². The van der Waals surface area contributed by atoms with Gasteiger partial charge in [-0.15, -0.1) is 12.4 Å². The Labute approximate surface area is 163 Å². The minimum Gasteiger partial charge on any atom is -0.493 e. The van der Waals surface area contributed by atoms with Crippen LogP contribution in [0.1, 0.15) is 11.1 Å². The Kier molecular flexibility index (Phi) is 6.65. The van der Waals surface area contributed by atoms with E-state index in [1.807, 2.05) is 24.3 Å². The molecule has 0 saturated carbocycles. The van der Waals surface area contributed by atoms with Crippen molar-refractivity contribution >= 4 is 23.3 Å². The van der Waals surface area contributed by atoms with Crippen LogP contribution in [0.3, 0.4) is 0 Å². The smallest absolute Gasteiger partial charge is 0.261 e. The second kappa shape index (κ2) is 8.75. The minimum atomic E-state index is -0.183. The van der Waals surface area contributed by atoms with Crippen molar-refractivity contribution in [2.45, 2.75) is 13.1 Å². The van der Waals surface area contributed by atoms with Gasteiger partial charge in [0.15, 0.2) is 11.5 Å². The first-order valence-electron chi connectivity index (χ1n) is 8.09. The summed E-state index contributed by atoms with van der Waals surface area (Å²) in [6, 6.07) is 9.43. The van der Waals surface area contributed by atoms with Crippen molar-refractivity contribution in [1.29, 1.82) is 0 Å². The Bertz CT molecular complexity index is 987. The topological polar surface area (TPSA) is 88.6 Å². The zero-order chi connectivity index (χ0) is 18.7. The number of methoxy groups -OCH3 is 3. The van der Waals surface area contributed by atoms with Crippen LogP contribution in [0.25, 0.3) is 10.9 Å². The van der Waals surface area contributed by atoms with Crippen molar-refractivity contribution in [3.63, 3.8) is 0 Å². The molecule has 0 amide bonds. The largest absolute Gasteiger partial charge is 0.493 e. The van der Waals surface area contributed by atoms with Crippen LogP contribution in [-0.2, 0) is 13.1 Å². The first-order chi connectivity index (χ1) is 12.6. The lowest BCUT2D eigenvalue weighted by Crippen LogP contribution is -2.21. The molecule has 2 N–H and O–H groups in total. The highest BCUT2D eigenvalue weighted by Gasteiger charge is 2.19. The van der Waals surface area contributed by atoms with Crippen molar-refractivity contribution in [3.8, 4) is 17.2 Å². The number of nitrogens with zero attached hydrogens (tertiary/aromatic N) is 2. The first-order valence-corrected chi connectivity index (χ1v) is 8.09. The predicted molar refractivity (Wildman–Crippen MR) is 106 cm³/mol. The third-order valence-electron chi connectivity index (χ3n) is 4.23. The molecule has 0 atom stereocenters. The Morgan fingerprint density at radius 2 is 1.63 bits per heavy atom. The molecule has 0 fully saturated rings. The molecule has 0 radical (unpaired) electrons. The van der Waals surface area contributed by atoms with Gasteiger partial charge in [-0.1, -0.05) is 24.3 Å². The number of hydrogen-bond donors (Lipinski definition) is 1. The van der Waals surface area contributed by atoms with Gasteiger partial charge in [0.25, 0.3) is 5.56 Å². The molecule has 7 nitrogen and oxygen atoms in total. The summed E-state index contributed by atoms with van der Waals surface area (Å²) in [5, 5.41) is 0.403. The van der Waals surface area contributed by atoms with Crippen molar-refractivity contribution in [3.05, 3.63) is 58.1 Å². The summed E-state index contributed by atoms with van der Waals surface area (Å²) in [6.45, 7) is 0.891. The molecule has 2 aromatic carbocycles. The monoisotopic (exact) mass is 391 g/mol. The lowest BCUT2D eigenvalue weighted by molar-refractivity contribution is 0.326. The number of halogens is 1. The number of aromatic nitrogens is 2. The molecule has 0 bridgehead atoms. The van der Waals surface area contributed by atoms with Gasteiger partial charge in [-0.25, -0.2) is 4.98 Å². The van der Waals surface area contributed by atoms with E-state index in [4.69, 9.17) is 19.9 Å². The summed E-state index contributed by atoms with van der Waals surface area (Å²) in [7, 11) is 4.53. The van der Waals surface area contributed by atoms with Crippen molar-refractivity contribution in [1.82, 2.24) is 9.55 Å². The molecule has 8 heteroatoms. The van der Waals surface area contributed by atoms with Gasteiger partial charge >= 0.3 is 0 Å². The maximum atomic E-state index is 12.9. The standard InChI is InChI=1S/C19H21N3O4.ClH/c1-24-15-8-14-16(18(26-3)17(15)25-2)21-11-22(19(14)23)10-13-6-4-12(9-20)5-7-13;/h4-8,11H,9-10,20H2,1-3H3;1H. The van der Waals surface area contributed by atoms with Crippen LogP contribution in [0, 0.1) is 0 Å². The van der Waals surface area contributed by atoms with Crippen molar-refractivity contribution in [2.24, 2.45) is 5.73 Å². The molecule has 0 aliphatic rings. The summed E-state index contributed by atoms with van der Waals surface area (Å²) < 4.78 is 17.6. The molecule has 0 aliphatic carbocycles. The fraction of sp³-hybridized carbons (Fsp3) is 0.263. The fourth-order valence-electron chi connectivity index (χ4n) is 2.86. The van der Waals surface area contributed by atoms with E-state index < -0.39 is 0 Å². The SMILES string of the molecule is COc1cc2c(=O)n(Cc3ccc(CN)cc3)cnc2c(OC)c1OC.Cl. The highest BCUT2D eigenvalue weighted by molar-refractivity contribution is 5.89. The molecule has 1 aromatic heterocycles. The molecule has 0 saturated heterocycles.